The van der Waals surface area contributed by atoms with Crippen LogP contribution < -0.4 is 5.32 Å². The van der Waals surface area contributed by atoms with Gasteiger partial charge in [0.2, 0.25) is 0 Å². The van der Waals surface area contributed by atoms with Crippen molar-refractivity contribution in [2.24, 2.45) is 5.92 Å². The van der Waals surface area contributed by atoms with Crippen LogP contribution in [0.1, 0.15) is 65.0 Å². The number of aliphatic carboxylic acids is 1. The molecule has 1 saturated heterocycles. The van der Waals surface area contributed by atoms with Crippen molar-refractivity contribution < 1.29 is 23.8 Å². The SMILES string of the molecule is CC(CN1CCC(F)(CCC2c3ccccc3-c3cncn32)CC1)[C@H](NC(=O)OC(C)(C)C)C(=O)O. The highest BCUT2D eigenvalue weighted by Crippen LogP contribution is 2.43. The lowest BCUT2D eigenvalue weighted by atomic mass is 9.85. The van der Waals surface area contributed by atoms with Gasteiger partial charge in [-0.25, -0.2) is 19.0 Å². The van der Waals surface area contributed by atoms with Crippen LogP contribution in [0.15, 0.2) is 36.8 Å². The number of nitrogens with zero attached hydrogens (tertiary/aromatic N) is 3. The van der Waals surface area contributed by atoms with E-state index in [1.807, 2.05) is 24.7 Å². The van der Waals surface area contributed by atoms with Crippen molar-refractivity contribution in [1.82, 2.24) is 19.8 Å². The molecule has 0 spiro atoms. The molecule has 1 aromatic heterocycles. The van der Waals surface area contributed by atoms with Gasteiger partial charge >= 0.3 is 12.1 Å². The Kier molecular flexibility index (Phi) is 7.41. The van der Waals surface area contributed by atoms with Crippen molar-refractivity contribution in [1.29, 1.82) is 0 Å². The first-order valence-corrected chi connectivity index (χ1v) is 12.7. The number of carbonyl (C=O) groups excluding carboxylic acids is 1. The van der Waals surface area contributed by atoms with Crippen LogP contribution in [0.4, 0.5) is 9.18 Å². The largest absolute Gasteiger partial charge is 0.480 e. The number of alkyl carbamates (subject to hydrolysis) is 1. The second-order valence-electron chi connectivity index (χ2n) is 11.2. The van der Waals surface area contributed by atoms with Crippen LogP contribution in [-0.2, 0) is 9.53 Å². The smallest absolute Gasteiger partial charge is 0.408 e. The van der Waals surface area contributed by atoms with Crippen LogP contribution >= 0.6 is 0 Å². The molecule has 196 valence electrons. The zero-order valence-electron chi connectivity index (χ0n) is 21.5. The van der Waals surface area contributed by atoms with Crippen LogP contribution in [0.5, 0.6) is 0 Å². The number of fused-ring (bicyclic) bond motifs is 3. The number of likely N-dealkylation sites (tertiary alicyclic amines) is 1. The van der Waals surface area contributed by atoms with Gasteiger partial charge in [0.1, 0.15) is 17.3 Å². The molecule has 8 nitrogen and oxygen atoms in total. The standard InChI is InChI=1S/C27H37FN4O4/c1-18(23(24(33)34)30-25(35)36-26(2,3)4)16-31-13-11-27(28,12-14-31)10-9-21-19-7-5-6-8-20(19)22-15-29-17-32(21)22/h5-8,15,17-18,21,23H,9-14,16H2,1-4H3,(H,30,35)(H,33,34)/t18?,21?,23-/m0/s1. The maximum Gasteiger partial charge on any atom is 0.408 e. The lowest BCUT2D eigenvalue weighted by molar-refractivity contribution is -0.141. The molecule has 2 aliphatic heterocycles. The lowest BCUT2D eigenvalue weighted by Crippen LogP contribution is -2.51. The Morgan fingerprint density at radius 3 is 2.64 bits per heavy atom. The van der Waals surface area contributed by atoms with Crippen molar-refractivity contribution in [3.8, 4) is 11.3 Å². The molecule has 0 radical (unpaired) electrons. The average Bonchev–Trinajstić information content (AvgIpc) is 3.38. The summed E-state index contributed by atoms with van der Waals surface area (Å²) in [6.45, 7) is 8.52. The molecule has 2 aromatic rings. The number of carboxylic acid groups (broad SMARTS) is 1. The number of ether oxygens (including phenoxy) is 1. The van der Waals surface area contributed by atoms with Crippen molar-refractivity contribution in [2.75, 3.05) is 19.6 Å². The molecule has 0 saturated carbocycles. The zero-order valence-corrected chi connectivity index (χ0v) is 21.5. The number of carboxylic acids is 1. The van der Waals surface area contributed by atoms with Gasteiger partial charge in [0.05, 0.1) is 24.3 Å². The number of amides is 1. The molecular formula is C27H37FN4O4. The van der Waals surface area contributed by atoms with E-state index in [4.69, 9.17) is 4.74 Å². The summed E-state index contributed by atoms with van der Waals surface area (Å²) < 4.78 is 23.2. The number of piperidine rings is 1. The minimum absolute atomic E-state index is 0.0969. The van der Waals surface area contributed by atoms with Crippen LogP contribution in [-0.4, -0.2) is 68.6 Å². The van der Waals surface area contributed by atoms with Gasteiger partial charge in [-0.05, 0) is 57.9 Å². The number of hydrogen-bond donors (Lipinski definition) is 2. The third-order valence-electron chi connectivity index (χ3n) is 7.27. The summed E-state index contributed by atoms with van der Waals surface area (Å²) in [6.07, 6.45) is 4.92. The highest BCUT2D eigenvalue weighted by Gasteiger charge is 2.38. The van der Waals surface area contributed by atoms with Crippen LogP contribution in [0.25, 0.3) is 11.3 Å². The highest BCUT2D eigenvalue weighted by atomic mass is 19.1. The Morgan fingerprint density at radius 1 is 1.28 bits per heavy atom. The maximum atomic E-state index is 15.8. The van der Waals surface area contributed by atoms with Gasteiger partial charge in [0.15, 0.2) is 0 Å². The fourth-order valence-corrected chi connectivity index (χ4v) is 5.40. The van der Waals surface area contributed by atoms with Gasteiger partial charge in [0.25, 0.3) is 0 Å². The number of alkyl halides is 1. The van der Waals surface area contributed by atoms with Crippen LogP contribution in [0.3, 0.4) is 0 Å². The molecule has 1 amide bonds. The number of nitrogens with one attached hydrogen (secondary N) is 1. The van der Waals surface area contributed by atoms with E-state index in [9.17, 15) is 14.7 Å². The maximum absolute atomic E-state index is 15.8. The number of aromatic nitrogens is 2. The Balaban J connectivity index is 1.29. The fourth-order valence-electron chi connectivity index (χ4n) is 5.40. The average molecular weight is 501 g/mol. The summed E-state index contributed by atoms with van der Waals surface area (Å²) >= 11 is 0. The molecule has 0 bridgehead atoms. The monoisotopic (exact) mass is 500 g/mol. The summed E-state index contributed by atoms with van der Waals surface area (Å²) in [4.78, 5) is 30.3. The van der Waals surface area contributed by atoms with Crippen molar-refractivity contribution in [3.63, 3.8) is 0 Å². The van der Waals surface area contributed by atoms with E-state index in [1.54, 1.807) is 27.7 Å². The molecule has 36 heavy (non-hydrogen) atoms. The minimum atomic E-state index is -1.25. The van der Waals surface area contributed by atoms with E-state index in [0.717, 1.165) is 5.69 Å². The Morgan fingerprint density at radius 2 is 1.97 bits per heavy atom. The van der Waals surface area contributed by atoms with E-state index in [2.05, 4.69) is 31.9 Å². The Bertz CT molecular complexity index is 1090. The van der Waals surface area contributed by atoms with Gasteiger partial charge in [-0.2, -0.15) is 0 Å². The molecular weight excluding hydrogens is 463 g/mol. The molecule has 2 N–H and O–H groups in total. The number of carbonyl (C=O) groups is 2. The molecule has 1 fully saturated rings. The first kappa shape index (κ1) is 26.1. The van der Waals surface area contributed by atoms with Gasteiger partial charge in [0, 0.05) is 25.2 Å². The summed E-state index contributed by atoms with van der Waals surface area (Å²) in [6, 6.07) is 7.27. The minimum Gasteiger partial charge on any atom is -0.480 e. The predicted octanol–water partition coefficient (Wildman–Crippen LogP) is 4.65. The van der Waals surface area contributed by atoms with E-state index >= 15 is 4.39 Å². The van der Waals surface area contributed by atoms with Crippen molar-refractivity contribution >= 4 is 12.1 Å². The quantitative estimate of drug-likeness (QED) is 0.548. The second kappa shape index (κ2) is 10.2. The van der Waals surface area contributed by atoms with E-state index in [-0.39, 0.29) is 12.0 Å². The molecule has 2 aliphatic rings. The van der Waals surface area contributed by atoms with Crippen LogP contribution in [0, 0.1) is 5.92 Å². The predicted molar refractivity (Wildman–Crippen MR) is 135 cm³/mol. The lowest BCUT2D eigenvalue weighted by Gasteiger charge is -2.38. The van der Waals surface area contributed by atoms with Gasteiger partial charge in [-0.3, -0.25) is 0 Å². The second-order valence-corrected chi connectivity index (χ2v) is 11.2. The van der Waals surface area contributed by atoms with Gasteiger partial charge in [-0.15, -0.1) is 0 Å². The molecule has 2 unspecified atom stereocenters. The first-order chi connectivity index (χ1) is 17.0. The van der Waals surface area contributed by atoms with E-state index in [1.165, 1.54) is 11.1 Å². The van der Waals surface area contributed by atoms with E-state index in [0.29, 0.717) is 45.3 Å². The first-order valence-electron chi connectivity index (χ1n) is 12.7. The van der Waals surface area contributed by atoms with Gasteiger partial charge < -0.3 is 24.6 Å². The summed E-state index contributed by atoms with van der Waals surface area (Å²) in [5.41, 5.74) is 1.51. The molecule has 1 aromatic carbocycles. The summed E-state index contributed by atoms with van der Waals surface area (Å²) in [5.74, 6) is -1.47. The highest BCUT2D eigenvalue weighted by molar-refractivity contribution is 5.80. The zero-order chi connectivity index (χ0) is 26.1. The number of hydrogen-bond acceptors (Lipinski definition) is 5. The Hall–Kier alpha value is -2.94. The normalized spacial score (nSPS) is 20.8. The third-order valence-corrected chi connectivity index (χ3v) is 7.27. The molecule has 9 heteroatoms. The van der Waals surface area contributed by atoms with Crippen molar-refractivity contribution in [3.05, 3.63) is 42.4 Å². The van der Waals surface area contributed by atoms with Crippen LogP contribution in [0.2, 0.25) is 0 Å². The number of benzene rings is 1. The third kappa shape index (κ3) is 5.88. The fraction of sp³-hybridized carbons (Fsp3) is 0.593. The molecule has 3 atom stereocenters. The topological polar surface area (TPSA) is 96.7 Å². The number of halogens is 1. The summed E-state index contributed by atoms with van der Waals surface area (Å²) in [7, 11) is 0. The molecule has 3 heterocycles. The number of imidazole rings is 1. The van der Waals surface area contributed by atoms with E-state index < -0.39 is 29.4 Å². The molecule has 4 rings (SSSR count). The summed E-state index contributed by atoms with van der Waals surface area (Å²) in [5, 5.41) is 12.1. The van der Waals surface area contributed by atoms with Gasteiger partial charge in [-0.1, -0.05) is 31.2 Å². The van der Waals surface area contributed by atoms with Crippen molar-refractivity contribution in [2.45, 2.75) is 76.7 Å². The number of rotatable bonds is 8. The molecule has 0 aliphatic carbocycles. The Labute approximate surface area is 211 Å².